The molecule has 2 aliphatic rings. The molecule has 0 spiro atoms. The molecule has 4 rings (SSSR count). The molecule has 4 atom stereocenters. The molecule has 0 radical (unpaired) electrons. The molecule has 160 valence electrons. The molecule has 2 heterocycles. The Morgan fingerprint density at radius 3 is 2.53 bits per heavy atom. The number of rotatable bonds is 6. The van der Waals surface area contributed by atoms with Crippen LogP contribution in [0.5, 0.6) is 5.75 Å². The Kier molecular flexibility index (Phi) is 5.52. The third-order valence-corrected chi connectivity index (χ3v) is 10.7. The van der Waals surface area contributed by atoms with E-state index in [0.717, 1.165) is 19.5 Å². The lowest BCUT2D eigenvalue weighted by Gasteiger charge is -2.43. The fraction of sp³-hybridized carbons (Fsp3) is 0.350. The zero-order valence-corrected chi connectivity index (χ0v) is 18.2. The minimum Gasteiger partial charge on any atom is -0.462 e. The average Bonchev–Trinajstić information content (AvgIpc) is 3.53. The second-order valence-electron chi connectivity index (χ2n) is 7.63. The van der Waals surface area contributed by atoms with E-state index in [1.165, 1.54) is 12.4 Å². The average molecular weight is 451 g/mol. The van der Waals surface area contributed by atoms with Gasteiger partial charge in [0.2, 0.25) is 12.5 Å². The first kappa shape index (κ1) is 21.4. The number of hydrogen-bond acceptors (Lipinski definition) is 7. The largest absolute Gasteiger partial charge is 0.462 e. The van der Waals surface area contributed by atoms with Crippen LogP contribution in [0.15, 0.2) is 61.1 Å². The van der Waals surface area contributed by atoms with Crippen LogP contribution < -0.4 is 4.74 Å². The Hall–Kier alpha value is -1.79. The molecule has 30 heavy (non-hydrogen) atoms. The van der Waals surface area contributed by atoms with Crippen molar-refractivity contribution in [1.29, 1.82) is 0 Å². The van der Waals surface area contributed by atoms with Crippen molar-refractivity contribution < 1.29 is 32.9 Å². The van der Waals surface area contributed by atoms with Crippen LogP contribution in [0.4, 0.5) is 0 Å². The van der Waals surface area contributed by atoms with Gasteiger partial charge in [0.05, 0.1) is 5.76 Å². The Bertz CT molecular complexity index is 1010. The minimum absolute atomic E-state index is 0.374. The van der Waals surface area contributed by atoms with Gasteiger partial charge in [-0.15, -0.1) is 0 Å². The van der Waals surface area contributed by atoms with Gasteiger partial charge in [-0.2, -0.15) is 0 Å². The van der Waals surface area contributed by atoms with Crippen molar-refractivity contribution in [3.8, 4) is 5.75 Å². The van der Waals surface area contributed by atoms with Gasteiger partial charge in [-0.3, -0.25) is 23.2 Å². The van der Waals surface area contributed by atoms with Gasteiger partial charge >= 0.3 is 7.60 Å². The van der Waals surface area contributed by atoms with Crippen molar-refractivity contribution in [1.82, 2.24) is 4.98 Å². The zero-order chi connectivity index (χ0) is 21.6. The molecule has 1 saturated carbocycles. The summed E-state index contributed by atoms with van der Waals surface area (Å²) in [4.78, 5) is 14.4. The lowest BCUT2D eigenvalue weighted by Crippen LogP contribution is -2.37. The summed E-state index contributed by atoms with van der Waals surface area (Å²) < 4.78 is 42.6. The van der Waals surface area contributed by atoms with Crippen molar-refractivity contribution in [2.75, 3.05) is 6.66 Å². The molecule has 8 nitrogen and oxygen atoms in total. The summed E-state index contributed by atoms with van der Waals surface area (Å²) in [6.45, 7) is 5.04. The summed E-state index contributed by atoms with van der Waals surface area (Å²) in [6, 6.07) is 9.68. The van der Waals surface area contributed by atoms with Gasteiger partial charge in [-0.25, -0.2) is 0 Å². The number of aromatic nitrogens is 1. The van der Waals surface area contributed by atoms with Gasteiger partial charge in [-0.05, 0) is 36.6 Å². The van der Waals surface area contributed by atoms with E-state index in [2.05, 4.69) is 11.6 Å². The van der Waals surface area contributed by atoms with Gasteiger partial charge in [0, 0.05) is 37.0 Å². The first-order valence-corrected chi connectivity index (χ1v) is 13.1. The van der Waals surface area contributed by atoms with Crippen molar-refractivity contribution >= 4 is 15.0 Å². The number of nitrogens with zero attached hydrogens (tertiary/aromatic N) is 1. The third kappa shape index (κ3) is 4.04. The van der Waals surface area contributed by atoms with Crippen molar-refractivity contribution in [2.45, 2.75) is 30.6 Å². The highest BCUT2D eigenvalue weighted by atomic mass is 31.2. The molecule has 1 aliphatic carbocycles. The lowest BCUT2D eigenvalue weighted by atomic mass is 10.2. The van der Waals surface area contributed by atoms with Crippen molar-refractivity contribution in [3.05, 3.63) is 72.3 Å². The van der Waals surface area contributed by atoms with Gasteiger partial charge in [-0.1, -0.05) is 24.8 Å². The molecule has 1 aromatic carbocycles. The molecule has 1 saturated heterocycles. The predicted octanol–water partition coefficient (Wildman–Crippen LogP) is 4.41. The van der Waals surface area contributed by atoms with E-state index in [1.807, 2.05) is 0 Å². The quantitative estimate of drug-likeness (QED) is 0.490. The van der Waals surface area contributed by atoms with Crippen molar-refractivity contribution in [3.63, 3.8) is 0 Å². The van der Waals surface area contributed by atoms with Gasteiger partial charge in [0.25, 0.3) is 0 Å². The smallest absolute Gasteiger partial charge is 0.372 e. The molecule has 2 N–H and O–H groups in total. The highest BCUT2D eigenvalue weighted by molar-refractivity contribution is 7.75. The Morgan fingerprint density at radius 1 is 1.27 bits per heavy atom. The number of allylic oxidation sites excluding steroid dienone is 1. The topological polar surface area (TPSA) is 115 Å². The summed E-state index contributed by atoms with van der Waals surface area (Å²) in [7, 11) is -8.77. The van der Waals surface area contributed by atoms with E-state index in [0.29, 0.717) is 28.6 Å². The molecule has 1 aliphatic heterocycles. The number of aliphatic hydroxyl groups is 1. The van der Waals surface area contributed by atoms with E-state index < -0.39 is 32.8 Å². The lowest BCUT2D eigenvalue weighted by molar-refractivity contribution is -0.0439. The van der Waals surface area contributed by atoms with Gasteiger partial charge < -0.3 is 14.7 Å². The highest BCUT2D eigenvalue weighted by Crippen LogP contribution is 2.79. The molecule has 10 heteroatoms. The zero-order valence-electron chi connectivity index (χ0n) is 16.4. The fourth-order valence-corrected chi connectivity index (χ4v) is 7.54. The summed E-state index contributed by atoms with van der Waals surface area (Å²) in [5.74, 6) is 1.65. The summed E-state index contributed by atoms with van der Waals surface area (Å²) in [6.07, 6.45) is 3.31. The molecule has 2 fully saturated rings. The maximum absolute atomic E-state index is 13.2. The van der Waals surface area contributed by atoms with Crippen molar-refractivity contribution in [2.24, 2.45) is 5.92 Å². The highest BCUT2D eigenvalue weighted by Gasteiger charge is 2.64. The standard InChI is InChI=1S/C20H23NO7P2/c1-14(16-5-6-16)26-18-9-7-17(8-10-18)19-27-29(2,23)20(22,30(24,25)28-19)12-15-4-3-11-21-13-15/h3-4,7-11,13,16,19,22H,1,5-6,12H2,2H3,(H,24,25). The maximum atomic E-state index is 13.2. The maximum Gasteiger partial charge on any atom is 0.372 e. The Morgan fingerprint density at radius 2 is 1.97 bits per heavy atom. The molecule has 1 aromatic heterocycles. The SMILES string of the molecule is C=C(Oc1ccc(C2OP(C)(=O)C(O)(Cc3cccnc3)P(=O)(O)O2)cc1)C1CC1. The summed E-state index contributed by atoms with van der Waals surface area (Å²) in [5.41, 5.74) is 0.804. The van der Waals surface area contributed by atoms with Crippen LogP contribution >= 0.6 is 15.0 Å². The van der Waals surface area contributed by atoms with Gasteiger partial charge in [0.15, 0.2) is 6.29 Å². The molecular formula is C20H23NO7P2. The predicted molar refractivity (Wildman–Crippen MR) is 110 cm³/mol. The first-order chi connectivity index (χ1) is 14.1. The Labute approximate surface area is 174 Å². The monoisotopic (exact) mass is 451 g/mol. The second-order valence-corrected chi connectivity index (χ2v) is 12.6. The minimum atomic E-state index is -4.76. The van der Waals surface area contributed by atoms with Crippen LogP contribution in [-0.4, -0.2) is 26.7 Å². The molecule has 2 aromatic rings. The van der Waals surface area contributed by atoms with E-state index in [4.69, 9.17) is 13.8 Å². The fourth-order valence-electron chi connectivity index (χ4n) is 3.20. The normalized spacial score (nSPS) is 33.8. The molecule has 0 bridgehead atoms. The van der Waals surface area contributed by atoms with E-state index in [9.17, 15) is 19.1 Å². The van der Waals surface area contributed by atoms with Crippen LogP contribution in [0, 0.1) is 5.92 Å². The van der Waals surface area contributed by atoms with Crippen LogP contribution in [-0.2, 0) is 24.6 Å². The number of hydrogen-bond donors (Lipinski definition) is 2. The van der Waals surface area contributed by atoms with Crippen LogP contribution in [0.3, 0.4) is 0 Å². The van der Waals surface area contributed by atoms with Crippen LogP contribution in [0.1, 0.15) is 30.3 Å². The van der Waals surface area contributed by atoms with Crippen LogP contribution in [0.2, 0.25) is 0 Å². The molecule has 4 unspecified atom stereocenters. The number of benzene rings is 1. The number of pyridine rings is 1. The second kappa shape index (κ2) is 7.72. The molecule has 0 amide bonds. The van der Waals surface area contributed by atoms with E-state index >= 15 is 0 Å². The number of ether oxygens (including phenoxy) is 1. The van der Waals surface area contributed by atoms with Crippen LogP contribution in [0.25, 0.3) is 0 Å². The Balaban J connectivity index is 1.54. The summed E-state index contributed by atoms with van der Waals surface area (Å²) >= 11 is 0. The third-order valence-electron chi connectivity index (χ3n) is 5.24. The first-order valence-electron chi connectivity index (χ1n) is 9.46. The van der Waals surface area contributed by atoms with Gasteiger partial charge in [0.1, 0.15) is 5.75 Å². The van der Waals surface area contributed by atoms with E-state index in [1.54, 1.807) is 36.4 Å². The van der Waals surface area contributed by atoms with E-state index in [-0.39, 0.29) is 0 Å². The summed E-state index contributed by atoms with van der Waals surface area (Å²) in [5, 5.41) is 8.38. The molecular weight excluding hydrogens is 428 g/mol.